The zero-order valence-corrected chi connectivity index (χ0v) is 12.6. The molecule has 106 valence electrons. The van der Waals surface area contributed by atoms with Gasteiger partial charge < -0.3 is 15.2 Å². The molecule has 1 aromatic carbocycles. The number of aryl methyl sites for hydroxylation is 1. The average Bonchev–Trinajstić information content (AvgIpc) is 2.96. The van der Waals surface area contributed by atoms with Crippen LogP contribution in [-0.2, 0) is 6.42 Å². The first-order valence-corrected chi connectivity index (χ1v) is 7.71. The van der Waals surface area contributed by atoms with Crippen LogP contribution in [0.25, 0.3) is 0 Å². The van der Waals surface area contributed by atoms with Crippen LogP contribution in [-0.4, -0.2) is 7.11 Å². The summed E-state index contributed by atoms with van der Waals surface area (Å²) in [7, 11) is 1.66. The molecule has 0 amide bonds. The predicted octanol–water partition coefficient (Wildman–Crippen LogP) is 3.84. The van der Waals surface area contributed by atoms with Gasteiger partial charge in [-0.1, -0.05) is 6.92 Å². The van der Waals surface area contributed by atoms with Crippen molar-refractivity contribution >= 4 is 11.3 Å². The topological polar surface area (TPSA) is 44.5 Å². The van der Waals surface area contributed by atoms with Crippen LogP contribution in [0.2, 0.25) is 0 Å². The zero-order valence-electron chi connectivity index (χ0n) is 11.8. The lowest BCUT2D eigenvalue weighted by Gasteiger charge is -2.30. The van der Waals surface area contributed by atoms with Gasteiger partial charge in [-0.2, -0.15) is 0 Å². The van der Waals surface area contributed by atoms with Gasteiger partial charge in [0.25, 0.3) is 0 Å². The Morgan fingerprint density at radius 3 is 2.90 bits per heavy atom. The van der Waals surface area contributed by atoms with Gasteiger partial charge in [0, 0.05) is 27.8 Å². The van der Waals surface area contributed by atoms with Crippen molar-refractivity contribution in [1.82, 2.24) is 0 Å². The molecule has 1 unspecified atom stereocenters. The Hall–Kier alpha value is -1.52. The maximum Gasteiger partial charge on any atom is 0.135 e. The molecule has 0 saturated heterocycles. The number of thiophene rings is 1. The molecule has 1 aliphatic heterocycles. The second-order valence-corrected chi connectivity index (χ2v) is 6.21. The van der Waals surface area contributed by atoms with E-state index in [1.807, 2.05) is 29.5 Å². The molecule has 0 spiro atoms. The highest BCUT2D eigenvalue weighted by Crippen LogP contribution is 2.42. The van der Waals surface area contributed by atoms with Crippen molar-refractivity contribution < 1.29 is 9.47 Å². The molecule has 3 nitrogen and oxygen atoms in total. The predicted molar refractivity (Wildman–Crippen MR) is 81.6 cm³/mol. The third kappa shape index (κ3) is 2.41. The maximum absolute atomic E-state index is 6.31. The van der Waals surface area contributed by atoms with Crippen LogP contribution in [0, 0.1) is 0 Å². The summed E-state index contributed by atoms with van der Waals surface area (Å²) >= 11 is 1.82. The fourth-order valence-electron chi connectivity index (χ4n) is 2.54. The summed E-state index contributed by atoms with van der Waals surface area (Å²) in [4.78, 5) is 2.65. The zero-order chi connectivity index (χ0) is 14.1. The highest BCUT2D eigenvalue weighted by Gasteiger charge is 2.28. The lowest BCUT2D eigenvalue weighted by Crippen LogP contribution is -2.23. The summed E-state index contributed by atoms with van der Waals surface area (Å²) < 4.78 is 11.4. The van der Waals surface area contributed by atoms with Crippen molar-refractivity contribution in [1.29, 1.82) is 0 Å². The van der Waals surface area contributed by atoms with E-state index in [1.54, 1.807) is 7.11 Å². The van der Waals surface area contributed by atoms with E-state index in [1.165, 1.54) is 9.75 Å². The Labute approximate surface area is 123 Å². The van der Waals surface area contributed by atoms with E-state index in [9.17, 15) is 0 Å². The molecule has 2 heterocycles. The molecule has 1 aromatic heterocycles. The molecular formula is C16H19NO2S. The first-order chi connectivity index (χ1) is 9.71. The standard InChI is InChI=1S/C16H19NO2S/c1-3-11-5-7-16(20-11)15-9-13(17)12-8-10(18-2)4-6-14(12)19-15/h4-8,13,15H,3,9,17H2,1-2H3/t13-,15?/m0/s1. The van der Waals surface area contributed by atoms with Crippen molar-refractivity contribution in [3.63, 3.8) is 0 Å². The van der Waals surface area contributed by atoms with Crippen molar-refractivity contribution in [3.05, 3.63) is 45.6 Å². The maximum atomic E-state index is 6.31. The molecule has 0 fully saturated rings. The van der Waals surface area contributed by atoms with Gasteiger partial charge in [-0.15, -0.1) is 11.3 Å². The van der Waals surface area contributed by atoms with Crippen molar-refractivity contribution in [2.45, 2.75) is 31.9 Å². The highest BCUT2D eigenvalue weighted by molar-refractivity contribution is 7.12. The van der Waals surface area contributed by atoms with Gasteiger partial charge in [-0.3, -0.25) is 0 Å². The van der Waals surface area contributed by atoms with Gasteiger partial charge in [-0.05, 0) is 36.8 Å². The molecule has 0 saturated carbocycles. The Morgan fingerprint density at radius 2 is 2.20 bits per heavy atom. The molecule has 2 N–H and O–H groups in total. The molecule has 0 bridgehead atoms. The molecule has 2 aromatic rings. The van der Waals surface area contributed by atoms with Crippen LogP contribution in [0.15, 0.2) is 30.3 Å². The van der Waals surface area contributed by atoms with E-state index in [0.717, 1.165) is 29.9 Å². The van der Waals surface area contributed by atoms with E-state index in [2.05, 4.69) is 19.1 Å². The lowest BCUT2D eigenvalue weighted by atomic mass is 9.96. The van der Waals surface area contributed by atoms with Crippen LogP contribution in [0.3, 0.4) is 0 Å². The quantitative estimate of drug-likeness (QED) is 0.933. The fraction of sp³-hybridized carbons (Fsp3) is 0.375. The first kappa shape index (κ1) is 13.5. The molecular weight excluding hydrogens is 270 g/mol. The smallest absolute Gasteiger partial charge is 0.135 e. The lowest BCUT2D eigenvalue weighted by molar-refractivity contribution is 0.164. The first-order valence-electron chi connectivity index (χ1n) is 6.90. The Balaban J connectivity index is 1.88. The number of hydrogen-bond donors (Lipinski definition) is 1. The fourth-order valence-corrected chi connectivity index (χ4v) is 3.54. The van der Waals surface area contributed by atoms with E-state index in [0.29, 0.717) is 0 Å². The minimum Gasteiger partial charge on any atom is -0.497 e. The van der Waals surface area contributed by atoms with Gasteiger partial charge in [0.1, 0.15) is 17.6 Å². The number of ether oxygens (including phenoxy) is 2. The number of hydrogen-bond acceptors (Lipinski definition) is 4. The van der Waals surface area contributed by atoms with Crippen molar-refractivity contribution in [2.24, 2.45) is 5.73 Å². The molecule has 4 heteroatoms. The summed E-state index contributed by atoms with van der Waals surface area (Å²) in [6.07, 6.45) is 1.94. The van der Waals surface area contributed by atoms with Crippen LogP contribution < -0.4 is 15.2 Å². The molecule has 1 aliphatic rings. The van der Waals surface area contributed by atoms with Crippen molar-refractivity contribution in [2.75, 3.05) is 7.11 Å². The molecule has 0 aliphatic carbocycles. The van der Waals surface area contributed by atoms with Gasteiger partial charge in [0.15, 0.2) is 0 Å². The summed E-state index contributed by atoms with van der Waals surface area (Å²) in [5, 5.41) is 0. The highest BCUT2D eigenvalue weighted by atomic mass is 32.1. The van der Waals surface area contributed by atoms with Crippen LogP contribution in [0.4, 0.5) is 0 Å². The molecule has 3 rings (SSSR count). The third-order valence-electron chi connectivity index (χ3n) is 3.70. The molecule has 2 atom stereocenters. The number of fused-ring (bicyclic) bond motifs is 1. The van der Waals surface area contributed by atoms with Gasteiger partial charge >= 0.3 is 0 Å². The number of methoxy groups -OCH3 is 1. The van der Waals surface area contributed by atoms with Crippen LogP contribution in [0.1, 0.15) is 40.8 Å². The second kappa shape index (κ2) is 5.46. The molecule has 20 heavy (non-hydrogen) atoms. The number of nitrogens with two attached hydrogens (primary N) is 1. The van der Waals surface area contributed by atoms with Crippen molar-refractivity contribution in [3.8, 4) is 11.5 Å². The van der Waals surface area contributed by atoms with Crippen LogP contribution >= 0.6 is 11.3 Å². The van der Waals surface area contributed by atoms with E-state index >= 15 is 0 Å². The third-order valence-corrected chi connectivity index (χ3v) is 5.02. The number of rotatable bonds is 3. The summed E-state index contributed by atoms with van der Waals surface area (Å²) in [5.41, 5.74) is 7.34. The minimum absolute atomic E-state index is 0.00831. The number of benzene rings is 1. The summed E-state index contributed by atoms with van der Waals surface area (Å²) in [5.74, 6) is 1.70. The van der Waals surface area contributed by atoms with Gasteiger partial charge in [0.05, 0.1) is 7.11 Å². The summed E-state index contributed by atoms with van der Waals surface area (Å²) in [6.45, 7) is 2.17. The SMILES string of the molecule is CCc1ccc(C2C[C@H](N)c3cc(OC)ccc3O2)s1. The van der Waals surface area contributed by atoms with E-state index < -0.39 is 0 Å². The summed E-state index contributed by atoms with van der Waals surface area (Å²) in [6, 6.07) is 10.2. The van der Waals surface area contributed by atoms with E-state index in [4.69, 9.17) is 15.2 Å². The normalized spacial score (nSPS) is 21.1. The Morgan fingerprint density at radius 1 is 1.35 bits per heavy atom. The Kier molecular flexibility index (Phi) is 3.68. The largest absolute Gasteiger partial charge is 0.497 e. The van der Waals surface area contributed by atoms with Crippen LogP contribution in [0.5, 0.6) is 11.5 Å². The Bertz CT molecular complexity index is 608. The van der Waals surface area contributed by atoms with E-state index in [-0.39, 0.29) is 12.1 Å². The van der Waals surface area contributed by atoms with Gasteiger partial charge in [0.2, 0.25) is 0 Å². The second-order valence-electron chi connectivity index (χ2n) is 5.01. The minimum atomic E-state index is -0.00831. The molecule has 0 radical (unpaired) electrons. The van der Waals surface area contributed by atoms with Gasteiger partial charge in [-0.25, -0.2) is 0 Å². The monoisotopic (exact) mass is 289 g/mol. The average molecular weight is 289 g/mol.